The number of hydrogen-bond donors (Lipinski definition) is 2. The summed E-state index contributed by atoms with van der Waals surface area (Å²) < 4.78 is 35.9. The lowest BCUT2D eigenvalue weighted by Gasteiger charge is -2.33. The number of rotatable bonds is 2. The molecule has 1 fully saturated rings. The maximum atomic E-state index is 14.8. The molecule has 3 N–H and O–H groups in total. The number of carbonyl (C=O) groups is 1. The van der Waals surface area contributed by atoms with Crippen molar-refractivity contribution >= 4 is 23.1 Å². The van der Waals surface area contributed by atoms with Crippen LogP contribution in [-0.2, 0) is 4.74 Å². The number of anilines is 1. The fourth-order valence-electron chi connectivity index (χ4n) is 3.02. The molecule has 2 aromatic rings. The number of alkyl halides is 2. The molecular formula is C15H20F2N6O3. The summed E-state index contributed by atoms with van der Waals surface area (Å²) in [6, 6.07) is -1.11. The molecule has 1 saturated heterocycles. The smallest absolute Gasteiger partial charge is 0.412 e. The minimum atomic E-state index is -3.34. The first-order chi connectivity index (χ1) is 12.0. The standard InChI is InChI=1S/C15H20F2N6O3/c1-14(2,3)26-13(25)23-8(5-24)4-15(16,17)12(23)22-7-21-9-10(18)19-6-20-11(9)22/h6-8,12,24H,4-5H2,1-3H3,(H2,18,19,20)/t8-,12+/m0/s1. The van der Waals surface area contributed by atoms with Crippen LogP contribution in [0.1, 0.15) is 33.4 Å². The largest absolute Gasteiger partial charge is 0.444 e. The number of aliphatic hydroxyl groups excluding tert-OH is 1. The highest BCUT2D eigenvalue weighted by Crippen LogP contribution is 2.46. The molecule has 1 aliphatic heterocycles. The number of imidazole rings is 1. The third-order valence-electron chi connectivity index (χ3n) is 4.01. The molecule has 0 spiro atoms. The predicted octanol–water partition coefficient (Wildman–Crippen LogP) is 1.54. The van der Waals surface area contributed by atoms with E-state index in [1.807, 2.05) is 0 Å². The lowest BCUT2D eigenvalue weighted by atomic mass is 10.2. The maximum Gasteiger partial charge on any atom is 0.412 e. The molecule has 0 unspecified atom stereocenters. The molecule has 2 atom stereocenters. The number of nitrogens with two attached hydrogens (primary N) is 1. The lowest BCUT2D eigenvalue weighted by Crippen LogP contribution is -2.45. The molecule has 0 aromatic carbocycles. The van der Waals surface area contributed by atoms with Crippen LogP contribution in [-0.4, -0.2) is 59.8 Å². The predicted molar refractivity (Wildman–Crippen MR) is 87.3 cm³/mol. The van der Waals surface area contributed by atoms with Crippen LogP contribution in [0.4, 0.5) is 19.4 Å². The Morgan fingerprint density at radius 2 is 2.12 bits per heavy atom. The number of nitrogen functional groups attached to an aromatic ring is 1. The molecule has 3 heterocycles. The zero-order valence-electron chi connectivity index (χ0n) is 14.6. The minimum absolute atomic E-state index is 0.0394. The van der Waals surface area contributed by atoms with E-state index in [2.05, 4.69) is 15.0 Å². The number of amides is 1. The number of hydrogen-bond acceptors (Lipinski definition) is 7. The van der Waals surface area contributed by atoms with Crippen LogP contribution in [0.25, 0.3) is 11.2 Å². The van der Waals surface area contributed by atoms with Crippen LogP contribution in [0, 0.1) is 0 Å². The molecule has 142 valence electrons. The molecule has 0 saturated carbocycles. The van der Waals surface area contributed by atoms with Gasteiger partial charge in [-0.1, -0.05) is 0 Å². The van der Waals surface area contributed by atoms with Gasteiger partial charge in [0.1, 0.15) is 17.4 Å². The first kappa shape index (κ1) is 18.2. The van der Waals surface area contributed by atoms with Gasteiger partial charge in [-0.25, -0.2) is 28.5 Å². The molecule has 0 bridgehead atoms. The van der Waals surface area contributed by atoms with Crippen molar-refractivity contribution in [2.75, 3.05) is 12.3 Å². The van der Waals surface area contributed by atoms with E-state index >= 15 is 0 Å². The van der Waals surface area contributed by atoms with Crippen molar-refractivity contribution < 1.29 is 23.4 Å². The van der Waals surface area contributed by atoms with Gasteiger partial charge in [-0.05, 0) is 20.8 Å². The van der Waals surface area contributed by atoms with E-state index in [-0.39, 0.29) is 17.0 Å². The number of nitrogens with zero attached hydrogens (tertiary/aromatic N) is 5. The van der Waals surface area contributed by atoms with E-state index in [0.29, 0.717) is 0 Å². The van der Waals surface area contributed by atoms with Crippen molar-refractivity contribution in [1.29, 1.82) is 0 Å². The summed E-state index contributed by atoms with van der Waals surface area (Å²) in [7, 11) is 0. The minimum Gasteiger partial charge on any atom is -0.444 e. The first-order valence-electron chi connectivity index (χ1n) is 7.98. The summed E-state index contributed by atoms with van der Waals surface area (Å²) in [4.78, 5) is 25.2. The summed E-state index contributed by atoms with van der Waals surface area (Å²) in [5.74, 6) is -3.30. The van der Waals surface area contributed by atoms with Gasteiger partial charge < -0.3 is 15.6 Å². The molecule has 9 nitrogen and oxygen atoms in total. The highest BCUT2D eigenvalue weighted by Gasteiger charge is 2.58. The number of fused-ring (bicyclic) bond motifs is 1. The normalized spacial score (nSPS) is 22.8. The molecule has 26 heavy (non-hydrogen) atoms. The maximum absolute atomic E-state index is 14.8. The molecule has 1 amide bonds. The van der Waals surface area contributed by atoms with E-state index in [1.165, 1.54) is 0 Å². The Hall–Kier alpha value is -2.56. The van der Waals surface area contributed by atoms with E-state index in [1.54, 1.807) is 20.8 Å². The van der Waals surface area contributed by atoms with Gasteiger partial charge in [0.05, 0.1) is 19.0 Å². The molecule has 2 aromatic heterocycles. The van der Waals surface area contributed by atoms with Gasteiger partial charge >= 0.3 is 6.09 Å². The van der Waals surface area contributed by atoms with Gasteiger partial charge in [0.15, 0.2) is 17.6 Å². The van der Waals surface area contributed by atoms with Crippen LogP contribution in [0.5, 0.6) is 0 Å². The molecular weight excluding hydrogens is 350 g/mol. The van der Waals surface area contributed by atoms with Crippen molar-refractivity contribution in [2.45, 2.75) is 50.9 Å². The number of carbonyl (C=O) groups excluding carboxylic acids is 1. The van der Waals surface area contributed by atoms with Gasteiger partial charge in [-0.2, -0.15) is 0 Å². The molecule has 0 radical (unpaired) electrons. The van der Waals surface area contributed by atoms with Crippen LogP contribution in [0.2, 0.25) is 0 Å². The van der Waals surface area contributed by atoms with Gasteiger partial charge in [0, 0.05) is 6.42 Å². The second-order valence-electron chi connectivity index (χ2n) is 7.15. The quantitative estimate of drug-likeness (QED) is 0.823. The summed E-state index contributed by atoms with van der Waals surface area (Å²) in [5, 5.41) is 9.54. The molecule has 0 aliphatic carbocycles. The number of aliphatic hydroxyl groups is 1. The van der Waals surface area contributed by atoms with E-state index in [4.69, 9.17) is 10.5 Å². The number of ether oxygens (including phenoxy) is 1. The number of aromatic nitrogens is 4. The monoisotopic (exact) mass is 370 g/mol. The summed E-state index contributed by atoms with van der Waals surface area (Å²) >= 11 is 0. The van der Waals surface area contributed by atoms with E-state index < -0.39 is 42.9 Å². The van der Waals surface area contributed by atoms with Crippen molar-refractivity contribution in [2.24, 2.45) is 0 Å². The summed E-state index contributed by atoms with van der Waals surface area (Å²) in [6.45, 7) is 4.25. The van der Waals surface area contributed by atoms with Crippen LogP contribution in [0.15, 0.2) is 12.7 Å². The lowest BCUT2D eigenvalue weighted by molar-refractivity contribution is -0.0680. The Balaban J connectivity index is 2.11. The second-order valence-corrected chi connectivity index (χ2v) is 7.15. The van der Waals surface area contributed by atoms with E-state index in [9.17, 15) is 18.7 Å². The fraction of sp³-hybridized carbons (Fsp3) is 0.600. The number of likely N-dealkylation sites (tertiary alicyclic amines) is 1. The average Bonchev–Trinajstić information content (AvgIpc) is 3.04. The van der Waals surface area contributed by atoms with Gasteiger partial charge in [-0.3, -0.25) is 9.47 Å². The zero-order chi connectivity index (χ0) is 19.3. The highest BCUT2D eigenvalue weighted by molar-refractivity contribution is 5.81. The van der Waals surface area contributed by atoms with Gasteiger partial charge in [0.2, 0.25) is 0 Å². The Morgan fingerprint density at radius 1 is 1.42 bits per heavy atom. The Bertz CT molecular complexity index is 834. The Kier molecular flexibility index (Phi) is 4.21. The SMILES string of the molecule is CC(C)(C)OC(=O)N1[C@H](CO)CC(F)(F)[C@@H]1n1cnc2c(N)ncnc21. The van der Waals surface area contributed by atoms with Crippen molar-refractivity contribution in [1.82, 2.24) is 24.4 Å². The first-order valence-corrected chi connectivity index (χ1v) is 7.98. The van der Waals surface area contributed by atoms with Gasteiger partial charge in [-0.15, -0.1) is 0 Å². The summed E-state index contributed by atoms with van der Waals surface area (Å²) in [6.07, 6.45) is -1.17. The second kappa shape index (κ2) is 6.01. The third-order valence-corrected chi connectivity index (χ3v) is 4.01. The van der Waals surface area contributed by atoms with Crippen LogP contribution < -0.4 is 5.73 Å². The average molecular weight is 370 g/mol. The fourth-order valence-corrected chi connectivity index (χ4v) is 3.02. The highest BCUT2D eigenvalue weighted by atomic mass is 19.3. The van der Waals surface area contributed by atoms with Crippen molar-refractivity contribution in [3.63, 3.8) is 0 Å². The Morgan fingerprint density at radius 3 is 2.73 bits per heavy atom. The van der Waals surface area contributed by atoms with Gasteiger partial charge in [0.25, 0.3) is 5.92 Å². The van der Waals surface area contributed by atoms with Crippen molar-refractivity contribution in [3.05, 3.63) is 12.7 Å². The van der Waals surface area contributed by atoms with Crippen molar-refractivity contribution in [3.8, 4) is 0 Å². The van der Waals surface area contributed by atoms with Crippen LogP contribution >= 0.6 is 0 Å². The molecule has 1 aliphatic rings. The van der Waals surface area contributed by atoms with E-state index in [0.717, 1.165) is 22.1 Å². The Labute approximate surface area is 147 Å². The van der Waals surface area contributed by atoms with Crippen LogP contribution in [0.3, 0.4) is 0 Å². The molecule has 11 heteroatoms. The summed E-state index contributed by atoms with van der Waals surface area (Å²) in [5.41, 5.74) is 5.04. The zero-order valence-corrected chi connectivity index (χ0v) is 14.6. The molecule has 3 rings (SSSR count). The number of halogens is 2. The topological polar surface area (TPSA) is 119 Å². The third kappa shape index (κ3) is 3.02.